The molecule has 0 heterocycles. The summed E-state index contributed by atoms with van der Waals surface area (Å²) in [6.07, 6.45) is 21.7. The molecule has 0 aliphatic rings. The molecule has 194 valence electrons. The van der Waals surface area contributed by atoms with Gasteiger partial charge in [-0.25, -0.2) is 0 Å². The number of unbranched alkanes of at least 4 members (excludes halogenated alkanes) is 14. The van der Waals surface area contributed by atoms with E-state index in [0.717, 1.165) is 0 Å². The van der Waals surface area contributed by atoms with Crippen LogP contribution in [0.1, 0.15) is 131 Å². The highest BCUT2D eigenvalue weighted by Crippen LogP contribution is 2.13. The van der Waals surface area contributed by atoms with Crippen molar-refractivity contribution in [2.24, 2.45) is 0 Å². The van der Waals surface area contributed by atoms with Crippen molar-refractivity contribution in [3.8, 4) is 0 Å². The Morgan fingerprint density at radius 1 is 0.281 bits per heavy atom. The van der Waals surface area contributed by atoms with Crippen molar-refractivity contribution in [3.63, 3.8) is 0 Å². The van der Waals surface area contributed by atoms with Crippen LogP contribution in [-0.4, -0.2) is 73.6 Å². The Labute approximate surface area is 204 Å². The van der Waals surface area contributed by atoms with E-state index >= 15 is 0 Å². The molecule has 0 aromatic carbocycles. The second-order valence-corrected chi connectivity index (χ2v) is 9.85. The summed E-state index contributed by atoms with van der Waals surface area (Å²) in [7, 11) is 0. The van der Waals surface area contributed by atoms with Gasteiger partial charge >= 0.3 is 0 Å². The van der Waals surface area contributed by atoms with Crippen LogP contribution in [0.5, 0.6) is 0 Å². The van der Waals surface area contributed by atoms with E-state index in [1.54, 1.807) is 0 Å². The smallest absolute Gasteiger partial charge is 0.0110 e. The molecule has 0 aliphatic carbocycles. The molecule has 0 atom stereocenters. The largest absolute Gasteiger partial charge is 0.303 e. The molecule has 0 radical (unpaired) electrons. The van der Waals surface area contributed by atoms with Gasteiger partial charge in [-0.05, 0) is 39.1 Å². The first kappa shape index (κ1) is 31.9. The first-order valence-electron chi connectivity index (χ1n) is 14.9. The zero-order valence-corrected chi connectivity index (χ0v) is 23.3. The summed E-state index contributed by atoms with van der Waals surface area (Å²) in [5.74, 6) is 0. The number of hydrogen-bond donors (Lipinski definition) is 0. The summed E-state index contributed by atoms with van der Waals surface area (Å²) in [6.45, 7) is 22.4. The summed E-state index contributed by atoms with van der Waals surface area (Å²) in [5, 5.41) is 0. The monoisotopic (exact) mass is 454 g/mol. The minimum atomic E-state index is 1.18. The highest BCUT2D eigenvalue weighted by molar-refractivity contribution is 4.65. The van der Waals surface area contributed by atoms with Crippen LogP contribution < -0.4 is 0 Å². The molecule has 0 saturated carbocycles. The van der Waals surface area contributed by atoms with Gasteiger partial charge < -0.3 is 14.7 Å². The highest BCUT2D eigenvalue weighted by atomic mass is 15.2. The summed E-state index contributed by atoms with van der Waals surface area (Å²) >= 11 is 0. The Morgan fingerprint density at radius 2 is 0.562 bits per heavy atom. The van der Waals surface area contributed by atoms with Crippen molar-refractivity contribution in [2.45, 2.75) is 131 Å². The molecule has 0 saturated heterocycles. The zero-order valence-electron chi connectivity index (χ0n) is 23.3. The minimum Gasteiger partial charge on any atom is -0.303 e. The van der Waals surface area contributed by atoms with E-state index in [-0.39, 0.29) is 0 Å². The fraction of sp³-hybridized carbons (Fsp3) is 1.00. The topological polar surface area (TPSA) is 9.72 Å². The molecule has 0 unspecified atom stereocenters. The molecule has 0 amide bonds. The molecule has 0 N–H and O–H groups in total. The van der Waals surface area contributed by atoms with Crippen LogP contribution in [-0.2, 0) is 0 Å². The maximum absolute atomic E-state index is 2.74. The van der Waals surface area contributed by atoms with Crippen LogP contribution in [0.4, 0.5) is 0 Å². The normalized spacial score (nSPS) is 12.0. The second kappa shape index (κ2) is 25.5. The Bertz CT molecular complexity index is 323. The van der Waals surface area contributed by atoms with Gasteiger partial charge in [-0.15, -0.1) is 0 Å². The quantitative estimate of drug-likeness (QED) is 0.123. The fourth-order valence-electron chi connectivity index (χ4n) is 4.69. The predicted molar refractivity (Wildman–Crippen MR) is 147 cm³/mol. The van der Waals surface area contributed by atoms with Gasteiger partial charge in [0.2, 0.25) is 0 Å². The lowest BCUT2D eigenvalue weighted by atomic mass is 10.0. The zero-order chi connectivity index (χ0) is 23.7. The maximum atomic E-state index is 2.74. The molecule has 0 rings (SSSR count). The maximum Gasteiger partial charge on any atom is 0.0110 e. The standard InChI is InChI=1S/C29H63N3/c1-6-11-12-13-14-15-16-17-18-19-20-21-22-23-24-25-32(28-26-30(7-2)8-3)29-27-31(9-4)10-5/h6-29H2,1-5H3. The van der Waals surface area contributed by atoms with Crippen LogP contribution in [0.2, 0.25) is 0 Å². The van der Waals surface area contributed by atoms with Gasteiger partial charge in [0.25, 0.3) is 0 Å². The number of hydrogen-bond acceptors (Lipinski definition) is 3. The molecular formula is C29H63N3. The van der Waals surface area contributed by atoms with Crippen molar-refractivity contribution in [2.75, 3.05) is 58.9 Å². The third kappa shape index (κ3) is 20.5. The second-order valence-electron chi connectivity index (χ2n) is 9.85. The van der Waals surface area contributed by atoms with E-state index in [1.807, 2.05) is 0 Å². The van der Waals surface area contributed by atoms with Gasteiger partial charge in [-0.2, -0.15) is 0 Å². The van der Waals surface area contributed by atoms with E-state index in [4.69, 9.17) is 0 Å². The molecule has 0 aromatic heterocycles. The van der Waals surface area contributed by atoms with E-state index in [1.165, 1.54) is 155 Å². The Balaban J connectivity index is 3.74. The summed E-state index contributed by atoms with van der Waals surface area (Å²) in [5.41, 5.74) is 0. The van der Waals surface area contributed by atoms with Crippen molar-refractivity contribution in [3.05, 3.63) is 0 Å². The van der Waals surface area contributed by atoms with Gasteiger partial charge in [-0.1, -0.05) is 125 Å². The van der Waals surface area contributed by atoms with Gasteiger partial charge in [-0.3, -0.25) is 0 Å². The average molecular weight is 454 g/mol. The third-order valence-corrected chi connectivity index (χ3v) is 7.33. The highest BCUT2D eigenvalue weighted by Gasteiger charge is 2.09. The van der Waals surface area contributed by atoms with Crippen LogP contribution in [0.25, 0.3) is 0 Å². The van der Waals surface area contributed by atoms with E-state index < -0.39 is 0 Å². The van der Waals surface area contributed by atoms with Crippen LogP contribution in [0.15, 0.2) is 0 Å². The average Bonchev–Trinajstić information content (AvgIpc) is 2.82. The first-order valence-corrected chi connectivity index (χ1v) is 14.9. The SMILES string of the molecule is CCCCCCCCCCCCCCCCCN(CCN(CC)CC)CCN(CC)CC. The van der Waals surface area contributed by atoms with E-state index in [0.29, 0.717) is 0 Å². The van der Waals surface area contributed by atoms with Gasteiger partial charge in [0.15, 0.2) is 0 Å². The predicted octanol–water partition coefficient (Wildman–Crippen LogP) is 7.84. The first-order chi connectivity index (χ1) is 15.7. The molecule has 0 aliphatic heterocycles. The lowest BCUT2D eigenvalue weighted by Gasteiger charge is -2.28. The van der Waals surface area contributed by atoms with Crippen molar-refractivity contribution >= 4 is 0 Å². The lowest BCUT2D eigenvalue weighted by Crippen LogP contribution is -2.40. The molecule has 3 nitrogen and oxygen atoms in total. The number of likely N-dealkylation sites (N-methyl/N-ethyl adjacent to an activating group) is 2. The van der Waals surface area contributed by atoms with Crippen molar-refractivity contribution < 1.29 is 0 Å². The summed E-state index contributed by atoms with van der Waals surface area (Å²) in [4.78, 5) is 7.87. The molecular weight excluding hydrogens is 390 g/mol. The summed E-state index contributed by atoms with van der Waals surface area (Å²) < 4.78 is 0. The molecule has 0 aromatic rings. The van der Waals surface area contributed by atoms with Gasteiger partial charge in [0.1, 0.15) is 0 Å². The molecule has 0 spiro atoms. The van der Waals surface area contributed by atoms with Crippen LogP contribution >= 0.6 is 0 Å². The van der Waals surface area contributed by atoms with Gasteiger partial charge in [0.05, 0.1) is 0 Å². The fourth-order valence-corrected chi connectivity index (χ4v) is 4.69. The van der Waals surface area contributed by atoms with Gasteiger partial charge in [0, 0.05) is 26.2 Å². The molecule has 32 heavy (non-hydrogen) atoms. The number of nitrogens with zero attached hydrogens (tertiary/aromatic N) is 3. The van der Waals surface area contributed by atoms with Crippen LogP contribution in [0.3, 0.4) is 0 Å². The molecule has 0 fully saturated rings. The Morgan fingerprint density at radius 3 is 0.875 bits per heavy atom. The summed E-state index contributed by atoms with van der Waals surface area (Å²) in [6, 6.07) is 0. The number of rotatable bonds is 26. The molecule has 3 heteroatoms. The van der Waals surface area contributed by atoms with Crippen LogP contribution in [0, 0.1) is 0 Å². The van der Waals surface area contributed by atoms with Crippen molar-refractivity contribution in [1.82, 2.24) is 14.7 Å². The third-order valence-electron chi connectivity index (χ3n) is 7.33. The lowest BCUT2D eigenvalue weighted by molar-refractivity contribution is 0.183. The Kier molecular flexibility index (Phi) is 25.4. The Hall–Kier alpha value is -0.120. The van der Waals surface area contributed by atoms with E-state index in [2.05, 4.69) is 49.3 Å². The van der Waals surface area contributed by atoms with E-state index in [9.17, 15) is 0 Å². The minimum absolute atomic E-state index is 1.18. The van der Waals surface area contributed by atoms with Crippen molar-refractivity contribution in [1.29, 1.82) is 0 Å². The molecule has 0 bridgehead atoms.